The molecule has 2 nitrogen and oxygen atoms in total. The molecule has 3 aromatic rings. The Morgan fingerprint density at radius 1 is 1.00 bits per heavy atom. The van der Waals surface area contributed by atoms with Crippen molar-refractivity contribution < 1.29 is 4.39 Å². The van der Waals surface area contributed by atoms with E-state index in [2.05, 4.69) is 38.4 Å². The Labute approximate surface area is 141 Å². The standard InChI is InChI=1S/C17H14BrFN2S/c18-14-5-1-12(2-6-14)9-20-10-16-11-22-17(21-16)13-3-7-15(19)8-4-13/h1-8,11,20H,9-10H2. The predicted octanol–water partition coefficient (Wildman–Crippen LogP) is 5.00. The van der Waals surface area contributed by atoms with E-state index >= 15 is 0 Å². The molecule has 1 aromatic heterocycles. The predicted molar refractivity (Wildman–Crippen MR) is 92.2 cm³/mol. The average molecular weight is 377 g/mol. The zero-order valence-electron chi connectivity index (χ0n) is 11.7. The number of nitrogens with zero attached hydrogens (tertiary/aromatic N) is 1. The number of thiazole rings is 1. The van der Waals surface area contributed by atoms with Crippen molar-refractivity contribution in [3.05, 3.63) is 75.5 Å². The summed E-state index contributed by atoms with van der Waals surface area (Å²) in [5.74, 6) is -0.225. The van der Waals surface area contributed by atoms with Crippen molar-refractivity contribution in [3.63, 3.8) is 0 Å². The van der Waals surface area contributed by atoms with Crippen LogP contribution < -0.4 is 5.32 Å². The monoisotopic (exact) mass is 376 g/mol. The summed E-state index contributed by atoms with van der Waals surface area (Å²) in [6, 6.07) is 14.7. The molecule has 0 bridgehead atoms. The Morgan fingerprint density at radius 2 is 1.73 bits per heavy atom. The smallest absolute Gasteiger partial charge is 0.123 e. The van der Waals surface area contributed by atoms with Gasteiger partial charge < -0.3 is 5.32 Å². The van der Waals surface area contributed by atoms with Crippen molar-refractivity contribution in [2.75, 3.05) is 0 Å². The van der Waals surface area contributed by atoms with Gasteiger partial charge in [-0.3, -0.25) is 0 Å². The van der Waals surface area contributed by atoms with Gasteiger partial charge in [-0.05, 0) is 42.0 Å². The van der Waals surface area contributed by atoms with Crippen molar-refractivity contribution in [2.45, 2.75) is 13.1 Å². The summed E-state index contributed by atoms with van der Waals surface area (Å²) < 4.78 is 14.0. The number of hydrogen-bond acceptors (Lipinski definition) is 3. The molecule has 0 saturated heterocycles. The first-order valence-corrected chi connectivity index (χ1v) is 8.53. The molecular weight excluding hydrogens is 363 g/mol. The zero-order valence-corrected chi connectivity index (χ0v) is 14.1. The van der Waals surface area contributed by atoms with Crippen LogP contribution in [0.5, 0.6) is 0 Å². The van der Waals surface area contributed by atoms with E-state index in [9.17, 15) is 4.39 Å². The van der Waals surface area contributed by atoms with Crippen LogP contribution in [0, 0.1) is 5.82 Å². The van der Waals surface area contributed by atoms with Crippen molar-refractivity contribution in [1.82, 2.24) is 10.3 Å². The fraction of sp³-hybridized carbons (Fsp3) is 0.118. The molecule has 0 aliphatic carbocycles. The normalized spacial score (nSPS) is 10.8. The fourth-order valence-corrected chi connectivity index (χ4v) is 3.14. The van der Waals surface area contributed by atoms with E-state index in [1.807, 2.05) is 17.5 Å². The molecule has 0 atom stereocenters. The molecule has 1 heterocycles. The van der Waals surface area contributed by atoms with Gasteiger partial charge in [-0.1, -0.05) is 28.1 Å². The van der Waals surface area contributed by atoms with Crippen molar-refractivity contribution in [2.24, 2.45) is 0 Å². The largest absolute Gasteiger partial charge is 0.307 e. The fourth-order valence-electron chi connectivity index (χ4n) is 2.05. The summed E-state index contributed by atoms with van der Waals surface area (Å²) >= 11 is 5.00. The number of benzene rings is 2. The van der Waals surface area contributed by atoms with Crippen LogP contribution in [0.3, 0.4) is 0 Å². The molecule has 0 aliphatic heterocycles. The first-order chi connectivity index (χ1) is 10.7. The maximum atomic E-state index is 12.9. The second kappa shape index (κ2) is 7.13. The van der Waals surface area contributed by atoms with Crippen LogP contribution in [0.1, 0.15) is 11.3 Å². The molecule has 3 rings (SSSR count). The summed E-state index contributed by atoms with van der Waals surface area (Å²) in [6.45, 7) is 1.52. The summed E-state index contributed by atoms with van der Waals surface area (Å²) in [5.41, 5.74) is 3.18. The highest BCUT2D eigenvalue weighted by Gasteiger charge is 2.05. The summed E-state index contributed by atoms with van der Waals surface area (Å²) in [7, 11) is 0. The number of halogens is 2. The molecule has 5 heteroatoms. The third-order valence-corrected chi connectivity index (χ3v) is 4.66. The van der Waals surface area contributed by atoms with Gasteiger partial charge in [-0.15, -0.1) is 11.3 Å². The molecule has 0 saturated carbocycles. The van der Waals surface area contributed by atoms with E-state index in [1.54, 1.807) is 23.5 Å². The molecule has 0 radical (unpaired) electrons. The van der Waals surface area contributed by atoms with Gasteiger partial charge in [0, 0.05) is 28.5 Å². The number of nitrogens with one attached hydrogen (secondary N) is 1. The molecule has 0 aliphatic rings. The Bertz CT molecular complexity index is 738. The van der Waals surface area contributed by atoms with Gasteiger partial charge in [0.15, 0.2) is 0 Å². The van der Waals surface area contributed by atoms with E-state index in [4.69, 9.17) is 0 Å². The lowest BCUT2D eigenvalue weighted by Crippen LogP contribution is -2.12. The van der Waals surface area contributed by atoms with Crippen LogP contribution in [0.2, 0.25) is 0 Å². The lowest BCUT2D eigenvalue weighted by atomic mass is 10.2. The average Bonchev–Trinajstić information content (AvgIpc) is 2.99. The van der Waals surface area contributed by atoms with Crippen molar-refractivity contribution in [3.8, 4) is 10.6 Å². The van der Waals surface area contributed by atoms with Crippen LogP contribution in [0.4, 0.5) is 4.39 Å². The van der Waals surface area contributed by atoms with Gasteiger partial charge in [0.1, 0.15) is 10.8 Å². The summed E-state index contributed by atoms with van der Waals surface area (Å²) in [5, 5.41) is 6.33. The molecule has 0 fully saturated rings. The van der Waals surface area contributed by atoms with E-state index in [-0.39, 0.29) is 5.82 Å². The first kappa shape index (κ1) is 15.3. The van der Waals surface area contributed by atoms with Crippen molar-refractivity contribution >= 4 is 27.3 Å². The van der Waals surface area contributed by atoms with Gasteiger partial charge >= 0.3 is 0 Å². The quantitative estimate of drug-likeness (QED) is 0.677. The number of hydrogen-bond donors (Lipinski definition) is 1. The minimum absolute atomic E-state index is 0.225. The van der Waals surface area contributed by atoms with Crippen LogP contribution in [0.25, 0.3) is 10.6 Å². The van der Waals surface area contributed by atoms with Gasteiger partial charge in [0.05, 0.1) is 5.69 Å². The van der Waals surface area contributed by atoms with E-state index in [0.717, 1.165) is 27.3 Å². The minimum Gasteiger partial charge on any atom is -0.307 e. The molecule has 22 heavy (non-hydrogen) atoms. The topological polar surface area (TPSA) is 24.9 Å². The van der Waals surface area contributed by atoms with E-state index in [1.165, 1.54) is 17.7 Å². The highest BCUT2D eigenvalue weighted by molar-refractivity contribution is 9.10. The van der Waals surface area contributed by atoms with Gasteiger partial charge in [0.25, 0.3) is 0 Å². The van der Waals surface area contributed by atoms with Crippen LogP contribution >= 0.6 is 27.3 Å². The molecular formula is C17H14BrFN2S. The molecule has 0 amide bonds. The Morgan fingerprint density at radius 3 is 2.45 bits per heavy atom. The minimum atomic E-state index is -0.225. The maximum absolute atomic E-state index is 12.9. The second-order valence-corrected chi connectivity index (χ2v) is 6.65. The lowest BCUT2D eigenvalue weighted by Gasteiger charge is -2.03. The van der Waals surface area contributed by atoms with E-state index in [0.29, 0.717) is 6.54 Å². The zero-order chi connectivity index (χ0) is 15.4. The summed E-state index contributed by atoms with van der Waals surface area (Å²) in [6.07, 6.45) is 0. The Hall–Kier alpha value is -1.56. The third-order valence-electron chi connectivity index (χ3n) is 3.19. The Kier molecular flexibility index (Phi) is 4.97. The molecule has 112 valence electrons. The van der Waals surface area contributed by atoms with Crippen LogP contribution in [-0.4, -0.2) is 4.98 Å². The second-order valence-electron chi connectivity index (χ2n) is 4.88. The molecule has 0 spiro atoms. The molecule has 2 aromatic carbocycles. The highest BCUT2D eigenvalue weighted by atomic mass is 79.9. The third kappa shape index (κ3) is 4.00. The maximum Gasteiger partial charge on any atom is 0.123 e. The Balaban J connectivity index is 1.57. The summed E-state index contributed by atoms with van der Waals surface area (Å²) in [4.78, 5) is 4.58. The van der Waals surface area contributed by atoms with Crippen LogP contribution in [0.15, 0.2) is 58.4 Å². The first-order valence-electron chi connectivity index (χ1n) is 6.86. The number of aromatic nitrogens is 1. The number of rotatable bonds is 5. The van der Waals surface area contributed by atoms with Gasteiger partial charge in [-0.2, -0.15) is 0 Å². The van der Waals surface area contributed by atoms with Gasteiger partial charge in [-0.25, -0.2) is 9.37 Å². The van der Waals surface area contributed by atoms with Crippen molar-refractivity contribution in [1.29, 1.82) is 0 Å². The lowest BCUT2D eigenvalue weighted by molar-refractivity contribution is 0.628. The molecule has 1 N–H and O–H groups in total. The highest BCUT2D eigenvalue weighted by Crippen LogP contribution is 2.23. The van der Waals surface area contributed by atoms with Crippen LogP contribution in [-0.2, 0) is 13.1 Å². The SMILES string of the molecule is Fc1ccc(-c2nc(CNCc3ccc(Br)cc3)cs2)cc1. The van der Waals surface area contributed by atoms with E-state index < -0.39 is 0 Å². The molecule has 0 unspecified atom stereocenters. The van der Waals surface area contributed by atoms with Gasteiger partial charge in [0.2, 0.25) is 0 Å².